The van der Waals surface area contributed by atoms with Crippen LogP contribution in [0, 0.1) is 13.8 Å². The molecule has 2 aromatic rings. The molecule has 0 amide bonds. The van der Waals surface area contributed by atoms with Gasteiger partial charge in [-0.25, -0.2) is 4.98 Å². The molecule has 0 fully saturated rings. The molecule has 0 atom stereocenters. The largest absolute Gasteiger partial charge is 0.384 e. The van der Waals surface area contributed by atoms with Gasteiger partial charge in [-0.2, -0.15) is 5.10 Å². The molecule has 0 radical (unpaired) electrons. The van der Waals surface area contributed by atoms with Gasteiger partial charge in [0.05, 0.1) is 5.69 Å². The second-order valence-corrected chi connectivity index (χ2v) is 3.27. The lowest BCUT2D eigenvalue weighted by molar-refractivity contribution is 0.774. The molecule has 0 aliphatic rings. The first-order chi connectivity index (χ1) is 6.09. The van der Waals surface area contributed by atoms with Crippen molar-refractivity contribution < 1.29 is 0 Å². The number of nitrogens with zero attached hydrogens (tertiary/aromatic N) is 3. The first kappa shape index (κ1) is 8.04. The SMILES string of the molecule is Cc1cc(N)nc2c1c(C)nn2C. The summed E-state index contributed by atoms with van der Waals surface area (Å²) in [4.78, 5) is 4.24. The van der Waals surface area contributed by atoms with Gasteiger partial charge in [0.1, 0.15) is 5.82 Å². The number of nitrogen functional groups attached to an aromatic ring is 1. The highest BCUT2D eigenvalue weighted by Crippen LogP contribution is 2.21. The molecule has 0 spiro atoms. The number of rotatable bonds is 0. The number of hydrogen-bond acceptors (Lipinski definition) is 3. The summed E-state index contributed by atoms with van der Waals surface area (Å²) in [5.41, 5.74) is 8.64. The maximum atomic E-state index is 5.65. The van der Waals surface area contributed by atoms with E-state index in [0.29, 0.717) is 5.82 Å². The van der Waals surface area contributed by atoms with Crippen LogP contribution in [0.25, 0.3) is 11.0 Å². The van der Waals surface area contributed by atoms with E-state index in [4.69, 9.17) is 5.73 Å². The second-order valence-electron chi connectivity index (χ2n) is 3.27. The summed E-state index contributed by atoms with van der Waals surface area (Å²) in [6.07, 6.45) is 0. The van der Waals surface area contributed by atoms with Gasteiger partial charge in [0.2, 0.25) is 0 Å². The molecule has 13 heavy (non-hydrogen) atoms. The van der Waals surface area contributed by atoms with Crippen LogP contribution in [0.3, 0.4) is 0 Å². The Bertz CT molecular complexity index is 470. The first-order valence-corrected chi connectivity index (χ1v) is 4.16. The van der Waals surface area contributed by atoms with E-state index in [1.165, 1.54) is 0 Å². The molecule has 0 aliphatic heterocycles. The molecule has 2 heterocycles. The van der Waals surface area contributed by atoms with Gasteiger partial charge in [-0.15, -0.1) is 0 Å². The highest BCUT2D eigenvalue weighted by atomic mass is 15.3. The van der Waals surface area contributed by atoms with Crippen LogP contribution in [0.4, 0.5) is 5.82 Å². The van der Waals surface area contributed by atoms with E-state index in [9.17, 15) is 0 Å². The number of nitrogens with two attached hydrogens (primary N) is 1. The van der Waals surface area contributed by atoms with Crippen molar-refractivity contribution in [2.75, 3.05) is 5.73 Å². The third-order valence-electron chi connectivity index (χ3n) is 2.19. The average molecular weight is 176 g/mol. The van der Waals surface area contributed by atoms with Crippen LogP contribution >= 0.6 is 0 Å². The number of aryl methyl sites for hydroxylation is 3. The Morgan fingerprint density at radius 2 is 2.08 bits per heavy atom. The fourth-order valence-corrected chi connectivity index (χ4v) is 1.68. The van der Waals surface area contributed by atoms with Crippen molar-refractivity contribution in [2.24, 2.45) is 7.05 Å². The minimum atomic E-state index is 0.549. The smallest absolute Gasteiger partial charge is 0.160 e. The van der Waals surface area contributed by atoms with E-state index in [1.807, 2.05) is 27.0 Å². The Labute approximate surface area is 76.4 Å². The van der Waals surface area contributed by atoms with Gasteiger partial charge >= 0.3 is 0 Å². The third kappa shape index (κ3) is 1.06. The Hall–Kier alpha value is -1.58. The molecule has 2 rings (SSSR count). The standard InChI is InChI=1S/C9H12N4/c1-5-4-7(10)11-9-8(5)6(2)12-13(9)3/h4H,1-3H3,(H2,10,11). The van der Waals surface area contributed by atoms with Crippen LogP contribution in [0.2, 0.25) is 0 Å². The summed E-state index contributed by atoms with van der Waals surface area (Å²) < 4.78 is 1.76. The van der Waals surface area contributed by atoms with Gasteiger partial charge in [-0.3, -0.25) is 4.68 Å². The number of pyridine rings is 1. The summed E-state index contributed by atoms with van der Waals surface area (Å²) >= 11 is 0. The topological polar surface area (TPSA) is 56.7 Å². The zero-order valence-electron chi connectivity index (χ0n) is 8.00. The van der Waals surface area contributed by atoms with E-state index >= 15 is 0 Å². The molecule has 0 saturated carbocycles. The van der Waals surface area contributed by atoms with Gasteiger partial charge < -0.3 is 5.73 Å². The fourth-order valence-electron chi connectivity index (χ4n) is 1.68. The van der Waals surface area contributed by atoms with E-state index in [2.05, 4.69) is 10.1 Å². The van der Waals surface area contributed by atoms with Crippen LogP contribution in [0.5, 0.6) is 0 Å². The lowest BCUT2D eigenvalue weighted by Crippen LogP contribution is -1.96. The van der Waals surface area contributed by atoms with E-state index in [0.717, 1.165) is 22.3 Å². The summed E-state index contributed by atoms with van der Waals surface area (Å²) in [6, 6.07) is 1.87. The van der Waals surface area contributed by atoms with Crippen molar-refractivity contribution in [3.05, 3.63) is 17.3 Å². The van der Waals surface area contributed by atoms with Crippen LogP contribution in [0.1, 0.15) is 11.3 Å². The van der Waals surface area contributed by atoms with E-state index in [1.54, 1.807) is 4.68 Å². The zero-order valence-corrected chi connectivity index (χ0v) is 8.00. The molecule has 0 saturated heterocycles. The van der Waals surface area contributed by atoms with E-state index in [-0.39, 0.29) is 0 Å². The summed E-state index contributed by atoms with van der Waals surface area (Å²) in [5.74, 6) is 0.549. The Morgan fingerprint density at radius 1 is 1.38 bits per heavy atom. The van der Waals surface area contributed by atoms with Crippen LogP contribution in [0.15, 0.2) is 6.07 Å². The quantitative estimate of drug-likeness (QED) is 0.655. The van der Waals surface area contributed by atoms with Crippen molar-refractivity contribution in [1.82, 2.24) is 14.8 Å². The van der Waals surface area contributed by atoms with Crippen molar-refractivity contribution in [3.63, 3.8) is 0 Å². The highest BCUT2D eigenvalue weighted by molar-refractivity contribution is 5.83. The molecule has 4 heteroatoms. The Balaban J connectivity index is 2.97. The number of hydrogen-bond donors (Lipinski definition) is 1. The molecule has 2 N–H and O–H groups in total. The summed E-state index contributed by atoms with van der Waals surface area (Å²) in [7, 11) is 1.88. The Morgan fingerprint density at radius 3 is 2.77 bits per heavy atom. The zero-order chi connectivity index (χ0) is 9.59. The minimum Gasteiger partial charge on any atom is -0.384 e. The van der Waals surface area contributed by atoms with Gasteiger partial charge in [-0.05, 0) is 25.5 Å². The molecular formula is C9H12N4. The number of anilines is 1. The van der Waals surface area contributed by atoms with Crippen molar-refractivity contribution in [1.29, 1.82) is 0 Å². The van der Waals surface area contributed by atoms with Crippen molar-refractivity contribution in [2.45, 2.75) is 13.8 Å². The number of aromatic nitrogens is 3. The lowest BCUT2D eigenvalue weighted by Gasteiger charge is -1.99. The molecule has 4 nitrogen and oxygen atoms in total. The van der Waals surface area contributed by atoms with Crippen LogP contribution in [-0.4, -0.2) is 14.8 Å². The highest BCUT2D eigenvalue weighted by Gasteiger charge is 2.08. The summed E-state index contributed by atoms with van der Waals surface area (Å²) in [5, 5.41) is 5.40. The lowest BCUT2D eigenvalue weighted by atomic mass is 10.2. The molecule has 68 valence electrons. The van der Waals surface area contributed by atoms with Crippen LogP contribution < -0.4 is 5.73 Å². The normalized spacial score (nSPS) is 11.0. The average Bonchev–Trinajstić information content (AvgIpc) is 2.27. The Kier molecular flexibility index (Phi) is 1.52. The minimum absolute atomic E-state index is 0.549. The van der Waals surface area contributed by atoms with E-state index < -0.39 is 0 Å². The van der Waals surface area contributed by atoms with Crippen molar-refractivity contribution >= 4 is 16.9 Å². The van der Waals surface area contributed by atoms with Gasteiger partial charge in [0.15, 0.2) is 5.65 Å². The summed E-state index contributed by atoms with van der Waals surface area (Å²) in [6.45, 7) is 4.00. The second kappa shape index (κ2) is 2.45. The predicted molar refractivity (Wildman–Crippen MR) is 52.4 cm³/mol. The van der Waals surface area contributed by atoms with Gasteiger partial charge in [0, 0.05) is 12.4 Å². The third-order valence-corrected chi connectivity index (χ3v) is 2.19. The molecule has 0 aromatic carbocycles. The molecule has 0 unspecified atom stereocenters. The monoisotopic (exact) mass is 176 g/mol. The molecule has 0 bridgehead atoms. The van der Waals surface area contributed by atoms with Gasteiger partial charge in [-0.1, -0.05) is 0 Å². The molecule has 2 aromatic heterocycles. The van der Waals surface area contributed by atoms with Crippen LogP contribution in [-0.2, 0) is 7.05 Å². The van der Waals surface area contributed by atoms with Gasteiger partial charge in [0.25, 0.3) is 0 Å². The molecular weight excluding hydrogens is 164 g/mol. The number of fused-ring (bicyclic) bond motifs is 1. The maximum absolute atomic E-state index is 5.65. The fraction of sp³-hybridized carbons (Fsp3) is 0.333. The molecule has 0 aliphatic carbocycles. The van der Waals surface area contributed by atoms with Crippen molar-refractivity contribution in [3.8, 4) is 0 Å². The predicted octanol–water partition coefficient (Wildman–Crippen LogP) is 1.17. The maximum Gasteiger partial charge on any atom is 0.160 e. The first-order valence-electron chi connectivity index (χ1n) is 4.16.